The average molecular weight is 438 g/mol. The Labute approximate surface area is 179 Å². The van der Waals surface area contributed by atoms with Crippen molar-refractivity contribution in [3.8, 4) is 5.75 Å². The van der Waals surface area contributed by atoms with Gasteiger partial charge in [-0.3, -0.25) is 14.4 Å². The Kier molecular flexibility index (Phi) is 11.0. The summed E-state index contributed by atoms with van der Waals surface area (Å²) in [5, 5.41) is 32.5. The van der Waals surface area contributed by atoms with Crippen LogP contribution in [0, 0.1) is 0 Å². The van der Waals surface area contributed by atoms with Crippen LogP contribution < -0.4 is 22.1 Å². The van der Waals surface area contributed by atoms with Gasteiger partial charge in [0.05, 0.1) is 6.04 Å². The number of aromatic hydroxyl groups is 1. The number of carbonyl (C=O) groups excluding carboxylic acids is 2. The molecule has 0 aliphatic carbocycles. The number of unbranched alkanes of at least 4 members (excludes halogenated alkanes) is 1. The molecule has 3 unspecified atom stereocenters. The fourth-order valence-electron chi connectivity index (χ4n) is 2.80. The van der Waals surface area contributed by atoms with E-state index in [1.165, 1.54) is 24.3 Å². The van der Waals surface area contributed by atoms with E-state index in [1.54, 1.807) is 0 Å². The minimum Gasteiger partial charge on any atom is -0.508 e. The van der Waals surface area contributed by atoms with E-state index in [0.717, 1.165) is 0 Å². The van der Waals surface area contributed by atoms with Crippen LogP contribution in [0.2, 0.25) is 0 Å². The molecule has 9 N–H and O–H groups in total. The molecular weight excluding hydrogens is 408 g/mol. The maximum Gasteiger partial charge on any atom is 0.326 e. The predicted octanol–water partition coefficient (Wildman–Crippen LogP) is -0.690. The number of benzene rings is 1. The molecular formula is C20H30N4O7. The van der Waals surface area contributed by atoms with E-state index in [0.29, 0.717) is 31.4 Å². The molecule has 31 heavy (non-hydrogen) atoms. The molecule has 0 aliphatic heterocycles. The van der Waals surface area contributed by atoms with Crippen LogP contribution in [0.1, 0.15) is 37.7 Å². The SMILES string of the molecule is NCCCCC(N)C(=O)NC(CCC(=O)O)C(=O)NC(Cc1ccc(O)cc1)C(=O)O. The van der Waals surface area contributed by atoms with Crippen molar-refractivity contribution in [1.82, 2.24) is 10.6 Å². The van der Waals surface area contributed by atoms with Gasteiger partial charge in [-0.2, -0.15) is 0 Å². The lowest BCUT2D eigenvalue weighted by atomic mass is 10.0. The summed E-state index contributed by atoms with van der Waals surface area (Å²) < 4.78 is 0. The molecule has 11 nitrogen and oxygen atoms in total. The summed E-state index contributed by atoms with van der Waals surface area (Å²) in [6, 6.07) is 2.32. The molecule has 1 rings (SSSR count). The number of carboxylic acid groups (broad SMARTS) is 2. The monoisotopic (exact) mass is 438 g/mol. The van der Waals surface area contributed by atoms with Crippen molar-refractivity contribution in [2.45, 2.75) is 56.7 Å². The van der Waals surface area contributed by atoms with Crippen molar-refractivity contribution >= 4 is 23.8 Å². The molecule has 0 aliphatic rings. The van der Waals surface area contributed by atoms with Gasteiger partial charge in [0.1, 0.15) is 17.8 Å². The minimum atomic E-state index is -1.32. The summed E-state index contributed by atoms with van der Waals surface area (Å²) in [6.45, 7) is 0.454. The zero-order chi connectivity index (χ0) is 23.4. The van der Waals surface area contributed by atoms with Crippen LogP contribution in [0.5, 0.6) is 5.75 Å². The molecule has 11 heteroatoms. The minimum absolute atomic E-state index is 0.0129. The van der Waals surface area contributed by atoms with Crippen LogP contribution in [0.25, 0.3) is 0 Å². The second-order valence-electron chi connectivity index (χ2n) is 7.15. The molecule has 0 saturated heterocycles. The van der Waals surface area contributed by atoms with Gasteiger partial charge >= 0.3 is 11.9 Å². The zero-order valence-corrected chi connectivity index (χ0v) is 17.1. The number of amides is 2. The van der Waals surface area contributed by atoms with Gasteiger partial charge in [-0.05, 0) is 43.5 Å². The van der Waals surface area contributed by atoms with Gasteiger partial charge in [-0.1, -0.05) is 18.6 Å². The Hall–Kier alpha value is -3.18. The number of nitrogens with one attached hydrogen (secondary N) is 2. The number of rotatable bonds is 14. The molecule has 172 valence electrons. The summed E-state index contributed by atoms with van der Waals surface area (Å²) in [5.41, 5.74) is 11.8. The average Bonchev–Trinajstić information content (AvgIpc) is 2.71. The molecule has 0 fully saturated rings. The third-order valence-electron chi connectivity index (χ3n) is 4.58. The van der Waals surface area contributed by atoms with Crippen LogP contribution >= 0.6 is 0 Å². The van der Waals surface area contributed by atoms with Crippen LogP contribution in [0.3, 0.4) is 0 Å². The van der Waals surface area contributed by atoms with E-state index in [1.807, 2.05) is 0 Å². The molecule has 0 heterocycles. The van der Waals surface area contributed by atoms with E-state index >= 15 is 0 Å². The van der Waals surface area contributed by atoms with Crippen LogP contribution in [-0.2, 0) is 25.6 Å². The highest BCUT2D eigenvalue weighted by Crippen LogP contribution is 2.12. The number of phenols is 1. The number of nitrogens with two attached hydrogens (primary N) is 2. The topological polar surface area (TPSA) is 205 Å². The molecule has 0 bridgehead atoms. The molecule has 0 spiro atoms. The second kappa shape index (κ2) is 13.2. The van der Waals surface area contributed by atoms with Crippen LogP contribution in [0.4, 0.5) is 0 Å². The highest BCUT2D eigenvalue weighted by Gasteiger charge is 2.28. The maximum atomic E-state index is 12.7. The zero-order valence-electron chi connectivity index (χ0n) is 17.1. The van der Waals surface area contributed by atoms with Crippen LogP contribution in [-0.4, -0.2) is 63.7 Å². The molecule has 0 saturated carbocycles. The quantitative estimate of drug-likeness (QED) is 0.183. The van der Waals surface area contributed by atoms with Gasteiger partial charge < -0.3 is 37.4 Å². The van der Waals surface area contributed by atoms with Gasteiger partial charge in [-0.15, -0.1) is 0 Å². The van der Waals surface area contributed by atoms with Crippen molar-refractivity contribution in [3.63, 3.8) is 0 Å². The van der Waals surface area contributed by atoms with Crippen molar-refractivity contribution in [3.05, 3.63) is 29.8 Å². The van der Waals surface area contributed by atoms with Gasteiger partial charge in [0, 0.05) is 12.8 Å². The summed E-state index contributed by atoms with van der Waals surface area (Å²) in [6.07, 6.45) is 0.936. The van der Waals surface area contributed by atoms with E-state index in [4.69, 9.17) is 16.6 Å². The van der Waals surface area contributed by atoms with E-state index < -0.39 is 48.3 Å². The lowest BCUT2D eigenvalue weighted by Gasteiger charge is -2.22. The van der Waals surface area contributed by atoms with Crippen molar-refractivity contribution in [2.24, 2.45) is 11.5 Å². The van der Waals surface area contributed by atoms with E-state index in [-0.39, 0.29) is 18.6 Å². The number of carbonyl (C=O) groups is 4. The third kappa shape index (κ3) is 9.92. The number of hydrogen-bond acceptors (Lipinski definition) is 7. The molecule has 1 aromatic rings. The molecule has 1 aromatic carbocycles. The number of hydrogen-bond donors (Lipinski definition) is 7. The van der Waals surface area contributed by atoms with Crippen molar-refractivity contribution in [2.75, 3.05) is 6.54 Å². The Morgan fingerprint density at radius 3 is 2.06 bits per heavy atom. The lowest BCUT2D eigenvalue weighted by molar-refractivity contribution is -0.143. The largest absolute Gasteiger partial charge is 0.508 e. The maximum absolute atomic E-state index is 12.7. The first kappa shape index (κ1) is 25.9. The summed E-state index contributed by atoms with van der Waals surface area (Å²) in [7, 11) is 0. The Morgan fingerprint density at radius 2 is 1.52 bits per heavy atom. The number of carboxylic acids is 2. The summed E-state index contributed by atoms with van der Waals surface area (Å²) >= 11 is 0. The van der Waals surface area contributed by atoms with E-state index in [9.17, 15) is 29.4 Å². The van der Waals surface area contributed by atoms with Gasteiger partial charge in [-0.25, -0.2) is 4.79 Å². The van der Waals surface area contributed by atoms with Crippen molar-refractivity contribution < 1.29 is 34.5 Å². The second-order valence-corrected chi connectivity index (χ2v) is 7.15. The lowest BCUT2D eigenvalue weighted by Crippen LogP contribution is -2.55. The van der Waals surface area contributed by atoms with Gasteiger partial charge in [0.25, 0.3) is 0 Å². The Balaban J connectivity index is 2.83. The van der Waals surface area contributed by atoms with Crippen molar-refractivity contribution in [1.29, 1.82) is 0 Å². The molecule has 0 aromatic heterocycles. The van der Waals surface area contributed by atoms with Crippen LogP contribution in [0.15, 0.2) is 24.3 Å². The summed E-state index contributed by atoms with van der Waals surface area (Å²) in [5.74, 6) is -3.91. The predicted molar refractivity (Wildman–Crippen MR) is 111 cm³/mol. The smallest absolute Gasteiger partial charge is 0.326 e. The third-order valence-corrected chi connectivity index (χ3v) is 4.58. The highest BCUT2D eigenvalue weighted by molar-refractivity contribution is 5.92. The molecule has 3 atom stereocenters. The van der Waals surface area contributed by atoms with Gasteiger partial charge in [0.15, 0.2) is 0 Å². The van der Waals surface area contributed by atoms with Gasteiger partial charge in [0.2, 0.25) is 11.8 Å². The summed E-state index contributed by atoms with van der Waals surface area (Å²) in [4.78, 5) is 47.5. The first-order valence-corrected chi connectivity index (χ1v) is 9.93. The first-order chi connectivity index (χ1) is 14.6. The molecule has 0 radical (unpaired) electrons. The Morgan fingerprint density at radius 1 is 0.903 bits per heavy atom. The Bertz CT molecular complexity index is 754. The normalized spacial score (nSPS) is 13.6. The standard InChI is InChI=1S/C20H30N4O7/c21-10-2-1-3-14(22)18(28)23-15(8-9-17(26)27)19(29)24-16(20(30)31)11-12-4-6-13(25)7-5-12/h4-7,14-16,25H,1-3,8-11,21-22H2,(H,23,28)(H,24,29)(H,26,27)(H,30,31). The van der Waals surface area contributed by atoms with E-state index in [2.05, 4.69) is 10.6 Å². The number of phenolic OH excluding ortho intramolecular Hbond substituents is 1. The fourth-order valence-corrected chi connectivity index (χ4v) is 2.80. The fraction of sp³-hybridized carbons (Fsp3) is 0.500. The molecule has 2 amide bonds. The first-order valence-electron chi connectivity index (χ1n) is 9.93. The highest BCUT2D eigenvalue weighted by atomic mass is 16.4. The number of aliphatic carboxylic acids is 2.